The van der Waals surface area contributed by atoms with Gasteiger partial charge in [-0.15, -0.1) is 0 Å². The molecule has 0 radical (unpaired) electrons. The zero-order valence-electron chi connectivity index (χ0n) is 13.3. The summed E-state index contributed by atoms with van der Waals surface area (Å²) in [5.41, 5.74) is 4.32. The molecule has 21 heavy (non-hydrogen) atoms. The molecule has 0 saturated carbocycles. The summed E-state index contributed by atoms with van der Waals surface area (Å²) in [6.45, 7) is 8.80. The summed E-state index contributed by atoms with van der Waals surface area (Å²) in [7, 11) is 1.94. The maximum atomic E-state index is 6.32. The van der Waals surface area contributed by atoms with Gasteiger partial charge in [0.05, 0.1) is 22.1 Å². The van der Waals surface area contributed by atoms with E-state index in [0.29, 0.717) is 0 Å². The third-order valence-electron chi connectivity index (χ3n) is 3.62. The van der Waals surface area contributed by atoms with Crippen LogP contribution in [0.4, 0.5) is 0 Å². The first-order valence-electron chi connectivity index (χ1n) is 7.45. The van der Waals surface area contributed by atoms with Gasteiger partial charge in [-0.1, -0.05) is 18.5 Å². The van der Waals surface area contributed by atoms with Crippen LogP contribution in [0.2, 0.25) is 5.02 Å². The minimum atomic E-state index is 0.749. The number of nitrogens with zero attached hydrogens (tertiary/aromatic N) is 4. The van der Waals surface area contributed by atoms with Crippen LogP contribution < -0.4 is 5.32 Å². The summed E-state index contributed by atoms with van der Waals surface area (Å²) in [5.74, 6) is 0. The Morgan fingerprint density at radius 2 is 2.05 bits per heavy atom. The van der Waals surface area contributed by atoms with E-state index in [2.05, 4.69) is 40.1 Å². The second kappa shape index (κ2) is 7.09. The average Bonchev–Trinajstić information content (AvgIpc) is 2.90. The van der Waals surface area contributed by atoms with Crippen LogP contribution >= 0.6 is 11.6 Å². The van der Waals surface area contributed by atoms with Gasteiger partial charge >= 0.3 is 0 Å². The zero-order chi connectivity index (χ0) is 15.4. The molecule has 0 atom stereocenters. The van der Waals surface area contributed by atoms with E-state index < -0.39 is 0 Å². The van der Waals surface area contributed by atoms with Crippen molar-refractivity contribution in [2.24, 2.45) is 7.05 Å². The van der Waals surface area contributed by atoms with Crippen LogP contribution in [0.15, 0.2) is 6.07 Å². The topological polar surface area (TPSA) is 47.7 Å². The number of hydrogen-bond acceptors (Lipinski definition) is 3. The fourth-order valence-electron chi connectivity index (χ4n) is 2.47. The molecule has 2 aromatic rings. The molecule has 1 N–H and O–H groups in total. The Kier molecular flexibility index (Phi) is 5.42. The van der Waals surface area contributed by atoms with E-state index >= 15 is 0 Å². The average molecular weight is 310 g/mol. The lowest BCUT2D eigenvalue weighted by Crippen LogP contribution is -2.19. The Hall–Kier alpha value is -1.33. The molecule has 2 heterocycles. The smallest absolute Gasteiger partial charge is 0.0863 e. The maximum absolute atomic E-state index is 6.32. The number of halogens is 1. The largest absolute Gasteiger partial charge is 0.311 e. The molecular formula is C15H24ClN5. The molecule has 0 aliphatic heterocycles. The van der Waals surface area contributed by atoms with Crippen molar-refractivity contribution in [2.75, 3.05) is 6.54 Å². The van der Waals surface area contributed by atoms with Gasteiger partial charge in [-0.3, -0.25) is 9.36 Å². The monoisotopic (exact) mass is 309 g/mol. The molecule has 0 aliphatic carbocycles. The lowest BCUT2D eigenvalue weighted by atomic mass is 10.3. The highest BCUT2D eigenvalue weighted by atomic mass is 35.5. The number of hydrogen-bond donors (Lipinski definition) is 1. The molecule has 0 aromatic carbocycles. The van der Waals surface area contributed by atoms with Gasteiger partial charge in [-0.25, -0.2) is 0 Å². The van der Waals surface area contributed by atoms with Crippen LogP contribution in [-0.4, -0.2) is 26.1 Å². The van der Waals surface area contributed by atoms with Crippen LogP contribution in [0.25, 0.3) is 0 Å². The molecule has 5 nitrogen and oxygen atoms in total. The first-order chi connectivity index (χ1) is 10.0. The van der Waals surface area contributed by atoms with E-state index in [4.69, 9.17) is 11.6 Å². The quantitative estimate of drug-likeness (QED) is 0.800. The lowest BCUT2D eigenvalue weighted by Gasteiger charge is -2.07. The highest BCUT2D eigenvalue weighted by Gasteiger charge is 2.12. The molecule has 2 aromatic heterocycles. The Morgan fingerprint density at radius 1 is 1.29 bits per heavy atom. The van der Waals surface area contributed by atoms with Crippen molar-refractivity contribution in [1.29, 1.82) is 0 Å². The number of aromatic nitrogens is 4. The van der Waals surface area contributed by atoms with Gasteiger partial charge in [-0.05, 0) is 39.3 Å². The second-order valence-electron chi connectivity index (χ2n) is 5.37. The third kappa shape index (κ3) is 3.86. The normalized spacial score (nSPS) is 11.3. The van der Waals surface area contributed by atoms with Gasteiger partial charge in [0.15, 0.2) is 0 Å². The molecule has 0 fully saturated rings. The minimum Gasteiger partial charge on any atom is -0.311 e. The van der Waals surface area contributed by atoms with Crippen molar-refractivity contribution >= 4 is 11.6 Å². The van der Waals surface area contributed by atoms with Gasteiger partial charge < -0.3 is 5.32 Å². The highest BCUT2D eigenvalue weighted by molar-refractivity contribution is 6.31. The molecule has 116 valence electrons. The molecular weight excluding hydrogens is 286 g/mol. The standard InChI is InChI=1S/C15H24ClN5/c1-5-13-15(16)14(20(4)19-13)10-17-7-6-8-21-12(3)9-11(2)18-21/h9,17H,5-8,10H2,1-4H3. The summed E-state index contributed by atoms with van der Waals surface area (Å²) < 4.78 is 3.93. The van der Waals surface area contributed by atoms with E-state index in [-0.39, 0.29) is 0 Å². The van der Waals surface area contributed by atoms with E-state index in [1.807, 2.05) is 18.7 Å². The molecule has 0 saturated heterocycles. The molecule has 0 bridgehead atoms. The summed E-state index contributed by atoms with van der Waals surface area (Å²) in [5, 5.41) is 13.1. The van der Waals surface area contributed by atoms with Crippen molar-refractivity contribution in [3.63, 3.8) is 0 Å². The van der Waals surface area contributed by atoms with Crippen molar-refractivity contribution in [1.82, 2.24) is 24.9 Å². The van der Waals surface area contributed by atoms with Gasteiger partial charge in [-0.2, -0.15) is 10.2 Å². The van der Waals surface area contributed by atoms with Crippen LogP contribution in [0, 0.1) is 13.8 Å². The maximum Gasteiger partial charge on any atom is 0.0863 e. The zero-order valence-corrected chi connectivity index (χ0v) is 14.0. The van der Waals surface area contributed by atoms with Crippen molar-refractivity contribution in [2.45, 2.75) is 46.7 Å². The first kappa shape index (κ1) is 16.0. The summed E-state index contributed by atoms with van der Waals surface area (Å²) >= 11 is 6.32. The SMILES string of the molecule is CCc1nn(C)c(CNCCCn2nc(C)cc2C)c1Cl. The van der Waals surface area contributed by atoms with Crippen molar-refractivity contribution < 1.29 is 0 Å². The van der Waals surface area contributed by atoms with Crippen LogP contribution in [0.1, 0.15) is 36.1 Å². The second-order valence-corrected chi connectivity index (χ2v) is 5.74. The van der Waals surface area contributed by atoms with Gasteiger partial charge in [0, 0.05) is 25.8 Å². The van der Waals surface area contributed by atoms with Crippen LogP contribution in [0.3, 0.4) is 0 Å². The number of aryl methyl sites for hydroxylation is 5. The van der Waals surface area contributed by atoms with E-state index in [1.54, 1.807) is 0 Å². The van der Waals surface area contributed by atoms with Crippen molar-refractivity contribution in [3.05, 3.63) is 33.9 Å². The fraction of sp³-hybridized carbons (Fsp3) is 0.600. The number of nitrogens with one attached hydrogen (secondary N) is 1. The Balaban J connectivity index is 1.78. The lowest BCUT2D eigenvalue weighted by molar-refractivity contribution is 0.525. The molecule has 0 aliphatic rings. The van der Waals surface area contributed by atoms with Crippen LogP contribution in [0.5, 0.6) is 0 Å². The summed E-state index contributed by atoms with van der Waals surface area (Å²) in [6.07, 6.45) is 1.91. The third-order valence-corrected chi connectivity index (χ3v) is 4.06. The molecule has 2 rings (SSSR count). The molecule has 0 amide bonds. The van der Waals surface area contributed by atoms with Crippen LogP contribution in [-0.2, 0) is 26.6 Å². The fourth-order valence-corrected chi connectivity index (χ4v) is 2.83. The highest BCUT2D eigenvalue weighted by Crippen LogP contribution is 2.20. The van der Waals surface area contributed by atoms with Gasteiger partial charge in [0.25, 0.3) is 0 Å². The summed E-state index contributed by atoms with van der Waals surface area (Å²) in [4.78, 5) is 0. The Bertz CT molecular complexity index is 599. The molecule has 6 heteroatoms. The predicted octanol–water partition coefficient (Wildman–Crippen LogP) is 2.63. The Morgan fingerprint density at radius 3 is 2.62 bits per heavy atom. The van der Waals surface area contributed by atoms with Gasteiger partial charge in [0.2, 0.25) is 0 Å². The summed E-state index contributed by atoms with van der Waals surface area (Å²) in [6, 6.07) is 2.11. The number of rotatable bonds is 7. The molecule has 0 spiro atoms. The first-order valence-corrected chi connectivity index (χ1v) is 7.82. The van der Waals surface area contributed by atoms with E-state index in [9.17, 15) is 0 Å². The van der Waals surface area contributed by atoms with E-state index in [0.717, 1.165) is 54.6 Å². The van der Waals surface area contributed by atoms with Gasteiger partial charge in [0.1, 0.15) is 0 Å². The van der Waals surface area contributed by atoms with E-state index in [1.165, 1.54) is 5.69 Å². The minimum absolute atomic E-state index is 0.749. The molecule has 0 unspecified atom stereocenters. The Labute approximate surface area is 131 Å². The van der Waals surface area contributed by atoms with Crippen molar-refractivity contribution in [3.8, 4) is 0 Å². The predicted molar refractivity (Wildman–Crippen MR) is 85.6 cm³/mol.